The highest BCUT2D eigenvalue weighted by atomic mass is 16.6. The standard InChI is InChI=1S/C14H9N3O3/c18-14-11-6-3-5-9(12(11)8-15-16-14)10-4-1-2-7-13(10)17(19)20/h1-8H,(H,16,18). The lowest BCUT2D eigenvalue weighted by molar-refractivity contribution is -0.384. The van der Waals surface area contributed by atoms with Crippen molar-refractivity contribution in [3.05, 3.63) is 69.1 Å². The number of aromatic amines is 1. The summed E-state index contributed by atoms with van der Waals surface area (Å²) >= 11 is 0. The molecule has 0 aliphatic heterocycles. The van der Waals surface area contributed by atoms with E-state index in [1.807, 2.05) is 0 Å². The van der Waals surface area contributed by atoms with Crippen LogP contribution >= 0.6 is 0 Å². The molecule has 1 aromatic heterocycles. The largest absolute Gasteiger partial charge is 0.277 e. The van der Waals surface area contributed by atoms with E-state index in [2.05, 4.69) is 10.2 Å². The number of rotatable bonds is 2. The zero-order chi connectivity index (χ0) is 14.1. The van der Waals surface area contributed by atoms with Crippen LogP contribution in [0.5, 0.6) is 0 Å². The Bertz CT molecular complexity index is 871. The number of nitrogens with zero attached hydrogens (tertiary/aromatic N) is 2. The van der Waals surface area contributed by atoms with Crippen LogP contribution < -0.4 is 5.56 Å². The molecule has 2 aromatic carbocycles. The normalized spacial score (nSPS) is 10.6. The van der Waals surface area contributed by atoms with E-state index >= 15 is 0 Å². The molecule has 3 aromatic rings. The molecular weight excluding hydrogens is 258 g/mol. The molecule has 0 saturated heterocycles. The third-order valence-corrected chi connectivity index (χ3v) is 3.10. The molecule has 0 aliphatic carbocycles. The predicted molar refractivity (Wildman–Crippen MR) is 74.5 cm³/mol. The molecule has 0 fully saturated rings. The monoisotopic (exact) mass is 267 g/mol. The molecule has 98 valence electrons. The SMILES string of the molecule is O=c1[nH]ncc2c(-c3ccccc3[N+](=O)[O-])cccc12. The summed E-state index contributed by atoms with van der Waals surface area (Å²) in [6, 6.07) is 11.5. The fourth-order valence-electron chi connectivity index (χ4n) is 2.21. The lowest BCUT2D eigenvalue weighted by atomic mass is 9.99. The van der Waals surface area contributed by atoms with Crippen molar-refractivity contribution in [1.29, 1.82) is 0 Å². The highest BCUT2D eigenvalue weighted by Gasteiger charge is 2.16. The first-order valence-electron chi connectivity index (χ1n) is 5.88. The van der Waals surface area contributed by atoms with Crippen molar-refractivity contribution in [3.63, 3.8) is 0 Å². The third kappa shape index (κ3) is 1.83. The molecule has 6 heteroatoms. The Morgan fingerprint density at radius 2 is 1.75 bits per heavy atom. The molecular formula is C14H9N3O3. The van der Waals surface area contributed by atoms with Crippen LogP contribution in [0.3, 0.4) is 0 Å². The lowest BCUT2D eigenvalue weighted by Crippen LogP contribution is -2.07. The summed E-state index contributed by atoms with van der Waals surface area (Å²) in [6.45, 7) is 0. The van der Waals surface area contributed by atoms with Crippen molar-refractivity contribution < 1.29 is 4.92 Å². The lowest BCUT2D eigenvalue weighted by Gasteiger charge is -2.06. The first-order chi connectivity index (χ1) is 9.68. The summed E-state index contributed by atoms with van der Waals surface area (Å²) in [7, 11) is 0. The number of nitro benzene ring substituents is 1. The Balaban J connectivity index is 2.39. The Morgan fingerprint density at radius 1 is 1.00 bits per heavy atom. The number of benzene rings is 2. The van der Waals surface area contributed by atoms with Crippen molar-refractivity contribution >= 4 is 16.5 Å². The van der Waals surface area contributed by atoms with Gasteiger partial charge in [-0.2, -0.15) is 5.10 Å². The number of H-pyrrole nitrogens is 1. The van der Waals surface area contributed by atoms with E-state index in [0.717, 1.165) is 0 Å². The fraction of sp³-hybridized carbons (Fsp3) is 0. The van der Waals surface area contributed by atoms with Crippen LogP contribution in [-0.2, 0) is 0 Å². The van der Waals surface area contributed by atoms with Crippen molar-refractivity contribution in [3.8, 4) is 11.1 Å². The van der Waals surface area contributed by atoms with Crippen LogP contribution in [0.2, 0.25) is 0 Å². The quantitative estimate of drug-likeness (QED) is 0.570. The van der Waals surface area contributed by atoms with Crippen molar-refractivity contribution in [2.24, 2.45) is 0 Å². The summed E-state index contributed by atoms with van der Waals surface area (Å²) in [5.74, 6) is 0. The van der Waals surface area contributed by atoms with Crippen LogP contribution in [0.4, 0.5) is 5.69 Å². The molecule has 20 heavy (non-hydrogen) atoms. The first kappa shape index (κ1) is 12.0. The zero-order valence-corrected chi connectivity index (χ0v) is 10.2. The summed E-state index contributed by atoms with van der Waals surface area (Å²) < 4.78 is 0. The first-order valence-corrected chi connectivity index (χ1v) is 5.88. The zero-order valence-electron chi connectivity index (χ0n) is 10.2. The van der Waals surface area contributed by atoms with E-state index in [4.69, 9.17) is 0 Å². The van der Waals surface area contributed by atoms with Gasteiger partial charge in [0.25, 0.3) is 11.2 Å². The molecule has 0 radical (unpaired) electrons. The minimum Gasteiger partial charge on any atom is -0.267 e. The van der Waals surface area contributed by atoms with Crippen LogP contribution in [0, 0.1) is 10.1 Å². The predicted octanol–water partition coefficient (Wildman–Crippen LogP) is 2.50. The summed E-state index contributed by atoms with van der Waals surface area (Å²) in [5.41, 5.74) is 0.770. The van der Waals surface area contributed by atoms with Gasteiger partial charge in [-0.3, -0.25) is 14.9 Å². The summed E-state index contributed by atoms with van der Waals surface area (Å²) in [4.78, 5) is 22.4. The highest BCUT2D eigenvalue weighted by molar-refractivity contribution is 5.97. The average molecular weight is 267 g/mol. The Hall–Kier alpha value is -3.02. The molecule has 0 spiro atoms. The summed E-state index contributed by atoms with van der Waals surface area (Å²) in [5, 5.41) is 18.3. The van der Waals surface area contributed by atoms with Crippen LogP contribution in [0.15, 0.2) is 53.5 Å². The van der Waals surface area contributed by atoms with Gasteiger partial charge in [-0.15, -0.1) is 0 Å². The van der Waals surface area contributed by atoms with E-state index in [0.29, 0.717) is 21.9 Å². The number of hydrogen-bond acceptors (Lipinski definition) is 4. The van der Waals surface area contributed by atoms with E-state index < -0.39 is 4.92 Å². The fourth-order valence-corrected chi connectivity index (χ4v) is 2.21. The molecule has 6 nitrogen and oxygen atoms in total. The number of fused-ring (bicyclic) bond motifs is 1. The molecule has 1 heterocycles. The van der Waals surface area contributed by atoms with Crippen molar-refractivity contribution in [2.45, 2.75) is 0 Å². The van der Waals surface area contributed by atoms with Gasteiger partial charge in [-0.05, 0) is 17.7 Å². The molecule has 0 saturated carbocycles. The second-order valence-corrected chi connectivity index (χ2v) is 4.24. The van der Waals surface area contributed by atoms with Gasteiger partial charge in [0.2, 0.25) is 0 Å². The molecule has 1 N–H and O–H groups in total. The number of hydrogen-bond donors (Lipinski definition) is 1. The van der Waals surface area contributed by atoms with Gasteiger partial charge >= 0.3 is 0 Å². The van der Waals surface area contributed by atoms with Crippen LogP contribution in [0.25, 0.3) is 21.9 Å². The third-order valence-electron chi connectivity index (χ3n) is 3.10. The molecule has 0 bridgehead atoms. The van der Waals surface area contributed by atoms with E-state index in [9.17, 15) is 14.9 Å². The maximum absolute atomic E-state index is 11.7. The van der Waals surface area contributed by atoms with Gasteiger partial charge in [0.15, 0.2) is 0 Å². The van der Waals surface area contributed by atoms with Crippen molar-refractivity contribution in [2.75, 3.05) is 0 Å². The van der Waals surface area contributed by atoms with Gasteiger partial charge in [-0.1, -0.05) is 24.3 Å². The minimum atomic E-state index is -0.436. The average Bonchev–Trinajstić information content (AvgIpc) is 2.47. The molecule has 0 amide bonds. The summed E-state index contributed by atoms with van der Waals surface area (Å²) in [6.07, 6.45) is 1.50. The number of nitrogens with one attached hydrogen (secondary N) is 1. The van der Waals surface area contributed by atoms with Crippen LogP contribution in [-0.4, -0.2) is 15.1 Å². The second kappa shape index (κ2) is 4.58. The molecule has 3 rings (SSSR count). The Kier molecular flexibility index (Phi) is 2.76. The Labute approximate surface area is 112 Å². The van der Waals surface area contributed by atoms with E-state index in [1.165, 1.54) is 12.3 Å². The van der Waals surface area contributed by atoms with E-state index in [-0.39, 0.29) is 11.2 Å². The van der Waals surface area contributed by atoms with Gasteiger partial charge in [-0.25, -0.2) is 5.10 Å². The second-order valence-electron chi connectivity index (χ2n) is 4.24. The van der Waals surface area contributed by atoms with Gasteiger partial charge in [0, 0.05) is 11.5 Å². The molecule has 0 aliphatic rings. The maximum atomic E-state index is 11.7. The van der Waals surface area contributed by atoms with Gasteiger partial charge in [0.1, 0.15) is 0 Å². The van der Waals surface area contributed by atoms with Crippen LogP contribution in [0.1, 0.15) is 0 Å². The number of para-hydroxylation sites is 1. The minimum absolute atomic E-state index is 0.000261. The van der Waals surface area contributed by atoms with Gasteiger partial charge in [0.05, 0.1) is 22.1 Å². The van der Waals surface area contributed by atoms with Crippen molar-refractivity contribution in [1.82, 2.24) is 10.2 Å². The number of nitro groups is 1. The molecule has 0 atom stereocenters. The maximum Gasteiger partial charge on any atom is 0.277 e. The highest BCUT2D eigenvalue weighted by Crippen LogP contribution is 2.33. The molecule has 0 unspecified atom stereocenters. The number of aromatic nitrogens is 2. The smallest absolute Gasteiger partial charge is 0.267 e. The van der Waals surface area contributed by atoms with Gasteiger partial charge < -0.3 is 0 Å². The topological polar surface area (TPSA) is 88.9 Å². The van der Waals surface area contributed by atoms with E-state index in [1.54, 1.807) is 36.4 Å². The Morgan fingerprint density at radius 3 is 2.55 bits per heavy atom.